The van der Waals surface area contributed by atoms with Crippen LogP contribution >= 0.6 is 0 Å². The van der Waals surface area contributed by atoms with Crippen LogP contribution in [0.5, 0.6) is 0 Å². The van der Waals surface area contributed by atoms with Crippen molar-refractivity contribution in [3.8, 4) is 0 Å². The lowest BCUT2D eigenvalue weighted by molar-refractivity contribution is -0.0957. The molecule has 1 aliphatic rings. The van der Waals surface area contributed by atoms with E-state index in [2.05, 4.69) is 6.55 Å². The molecule has 0 amide bonds. The van der Waals surface area contributed by atoms with Crippen LogP contribution in [0.4, 0.5) is 0 Å². The van der Waals surface area contributed by atoms with Gasteiger partial charge in [0.2, 0.25) is 0 Å². The third-order valence-corrected chi connectivity index (χ3v) is 4.54. The molecule has 3 atom stereocenters. The van der Waals surface area contributed by atoms with E-state index >= 15 is 0 Å². The lowest BCUT2D eigenvalue weighted by Gasteiger charge is -2.20. The summed E-state index contributed by atoms with van der Waals surface area (Å²) in [4.78, 5) is 0. The van der Waals surface area contributed by atoms with Gasteiger partial charge in [0.15, 0.2) is 15.3 Å². The topological polar surface area (TPSA) is 49.5 Å². The number of methoxy groups -OCH3 is 2. The Labute approximate surface area is 105 Å². The summed E-state index contributed by atoms with van der Waals surface area (Å²) in [6.07, 6.45) is 1.19. The van der Waals surface area contributed by atoms with Gasteiger partial charge >= 0.3 is 0 Å². The quantitative estimate of drug-likeness (QED) is 0.239. The van der Waals surface area contributed by atoms with Gasteiger partial charge in [-0.2, -0.15) is 0 Å². The second-order valence-electron chi connectivity index (χ2n) is 4.24. The van der Waals surface area contributed by atoms with Crippen molar-refractivity contribution in [3.63, 3.8) is 0 Å². The van der Waals surface area contributed by atoms with E-state index < -0.39 is 9.04 Å². The van der Waals surface area contributed by atoms with E-state index in [9.17, 15) is 0 Å². The smallest absolute Gasteiger partial charge is 0.177 e. The molecule has 0 spiro atoms. The number of ether oxygens (including phenoxy) is 4. The zero-order chi connectivity index (χ0) is 12.5. The molecule has 102 valence electrons. The second kappa shape index (κ2) is 9.01. The Bertz CT molecular complexity index is 189. The van der Waals surface area contributed by atoms with E-state index in [1.807, 2.05) is 0 Å². The highest BCUT2D eigenvalue weighted by molar-refractivity contribution is 6.50. The largest absolute Gasteiger partial charge is 0.394 e. The first-order valence-corrected chi connectivity index (χ1v) is 8.57. The van der Waals surface area contributed by atoms with E-state index in [1.54, 1.807) is 14.2 Å². The van der Waals surface area contributed by atoms with Gasteiger partial charge < -0.3 is 23.4 Å². The summed E-state index contributed by atoms with van der Waals surface area (Å²) in [6.45, 7) is 5.06. The predicted molar refractivity (Wildman–Crippen MR) is 66.8 cm³/mol. The van der Waals surface area contributed by atoms with Crippen LogP contribution in [0.2, 0.25) is 12.6 Å². The summed E-state index contributed by atoms with van der Waals surface area (Å²) in [5.74, 6) is 0. The molecule has 1 aliphatic heterocycles. The summed E-state index contributed by atoms with van der Waals surface area (Å²) in [5, 5.41) is 0. The van der Waals surface area contributed by atoms with E-state index in [-0.39, 0.29) is 6.29 Å². The fourth-order valence-electron chi connectivity index (χ4n) is 1.48. The van der Waals surface area contributed by atoms with Gasteiger partial charge in [0, 0.05) is 20.8 Å². The molecule has 0 saturated carbocycles. The molecule has 6 heteroatoms. The molecule has 1 fully saturated rings. The number of hydrogen-bond acceptors (Lipinski definition) is 5. The highest BCUT2D eigenvalue weighted by Gasteiger charge is 2.22. The van der Waals surface area contributed by atoms with E-state index in [0.29, 0.717) is 12.7 Å². The Hall–Kier alpha value is 0.0169. The van der Waals surface area contributed by atoms with Crippen molar-refractivity contribution in [3.05, 3.63) is 0 Å². The molecule has 0 radical (unpaired) electrons. The van der Waals surface area contributed by atoms with E-state index in [4.69, 9.17) is 23.4 Å². The number of rotatable bonds is 11. The average Bonchev–Trinajstić information content (AvgIpc) is 3.12. The van der Waals surface area contributed by atoms with Gasteiger partial charge in [-0.15, -0.1) is 0 Å². The van der Waals surface area contributed by atoms with Gasteiger partial charge in [0.1, 0.15) is 6.10 Å². The molecule has 0 aromatic heterocycles. The zero-order valence-electron chi connectivity index (χ0n) is 11.0. The molecule has 0 aliphatic carbocycles. The number of epoxide rings is 1. The fraction of sp³-hybridized carbons (Fsp3) is 1.00. The molecule has 1 heterocycles. The van der Waals surface area contributed by atoms with Crippen molar-refractivity contribution in [2.24, 2.45) is 0 Å². The molecule has 17 heavy (non-hydrogen) atoms. The third kappa shape index (κ3) is 7.85. The van der Waals surface area contributed by atoms with Crippen LogP contribution in [-0.2, 0) is 23.4 Å². The Morgan fingerprint density at radius 1 is 1.41 bits per heavy atom. The van der Waals surface area contributed by atoms with E-state index in [0.717, 1.165) is 32.3 Å². The number of hydrogen-bond donors (Lipinski definition) is 0. The Kier molecular flexibility index (Phi) is 7.99. The van der Waals surface area contributed by atoms with Crippen molar-refractivity contribution in [1.82, 2.24) is 0 Å². The molecule has 0 N–H and O–H groups in total. The molecule has 0 aromatic rings. The minimum atomic E-state index is -1.18. The summed E-state index contributed by atoms with van der Waals surface area (Å²) in [5.41, 5.74) is 0. The summed E-state index contributed by atoms with van der Waals surface area (Å²) in [7, 11) is 2.11. The Morgan fingerprint density at radius 3 is 2.76 bits per heavy atom. The van der Waals surface area contributed by atoms with Crippen LogP contribution in [0.3, 0.4) is 0 Å². The van der Waals surface area contributed by atoms with Crippen molar-refractivity contribution in [1.29, 1.82) is 0 Å². The molecule has 5 nitrogen and oxygen atoms in total. The minimum Gasteiger partial charge on any atom is -0.394 e. The van der Waals surface area contributed by atoms with Crippen LogP contribution < -0.4 is 0 Å². The maximum atomic E-state index is 5.79. The first-order chi connectivity index (χ1) is 8.26. The van der Waals surface area contributed by atoms with Gasteiger partial charge in [-0.25, -0.2) is 0 Å². The molecular formula is C11H24O5Si. The maximum absolute atomic E-state index is 5.79. The monoisotopic (exact) mass is 264 g/mol. The van der Waals surface area contributed by atoms with Crippen LogP contribution in [0.15, 0.2) is 0 Å². The highest BCUT2D eigenvalue weighted by atomic mass is 28.3. The van der Waals surface area contributed by atoms with Crippen molar-refractivity contribution in [2.75, 3.05) is 40.6 Å². The Balaban J connectivity index is 1.92. The second-order valence-corrected chi connectivity index (χ2v) is 6.71. The minimum absolute atomic E-state index is 0.220. The molecule has 1 rings (SSSR count). The molecule has 0 aromatic carbocycles. The summed E-state index contributed by atoms with van der Waals surface area (Å²) >= 11 is 0. The fourth-order valence-corrected chi connectivity index (χ4v) is 3.06. The standard InChI is InChI=1S/C11H24O5Si/c1-12-9-11(13-2)16-17(3)6-4-5-14-7-10-8-15-10/h10-11,17H,4-9H2,1-3H3. The lowest BCUT2D eigenvalue weighted by Crippen LogP contribution is -2.28. The average molecular weight is 264 g/mol. The van der Waals surface area contributed by atoms with Crippen molar-refractivity contribution < 1.29 is 23.4 Å². The van der Waals surface area contributed by atoms with Gasteiger partial charge in [0.05, 0.1) is 19.8 Å². The van der Waals surface area contributed by atoms with Crippen LogP contribution in [-0.4, -0.2) is 62.1 Å². The van der Waals surface area contributed by atoms with Gasteiger partial charge in [-0.1, -0.05) is 0 Å². The van der Waals surface area contributed by atoms with Crippen LogP contribution in [0.25, 0.3) is 0 Å². The molecule has 3 unspecified atom stereocenters. The Morgan fingerprint density at radius 2 is 2.18 bits per heavy atom. The van der Waals surface area contributed by atoms with Crippen molar-refractivity contribution in [2.45, 2.75) is 31.4 Å². The maximum Gasteiger partial charge on any atom is 0.177 e. The molecular weight excluding hydrogens is 240 g/mol. The van der Waals surface area contributed by atoms with Gasteiger partial charge in [0.25, 0.3) is 0 Å². The molecule has 1 saturated heterocycles. The summed E-state index contributed by atoms with van der Waals surface area (Å²) in [6, 6.07) is 1.09. The van der Waals surface area contributed by atoms with Gasteiger partial charge in [-0.3, -0.25) is 0 Å². The predicted octanol–water partition coefficient (Wildman–Crippen LogP) is 0.781. The first-order valence-electron chi connectivity index (χ1n) is 6.12. The first kappa shape index (κ1) is 15.1. The van der Waals surface area contributed by atoms with E-state index in [1.165, 1.54) is 0 Å². The van der Waals surface area contributed by atoms with Crippen LogP contribution in [0.1, 0.15) is 6.42 Å². The van der Waals surface area contributed by atoms with Crippen LogP contribution in [0, 0.1) is 0 Å². The van der Waals surface area contributed by atoms with Gasteiger partial charge in [-0.05, 0) is 19.0 Å². The highest BCUT2D eigenvalue weighted by Crippen LogP contribution is 2.09. The third-order valence-electron chi connectivity index (χ3n) is 2.56. The lowest BCUT2D eigenvalue weighted by atomic mass is 10.5. The van der Waals surface area contributed by atoms with Crippen molar-refractivity contribution >= 4 is 9.04 Å². The molecule has 0 bridgehead atoms. The zero-order valence-corrected chi connectivity index (χ0v) is 12.2. The summed E-state index contributed by atoms with van der Waals surface area (Å²) < 4.78 is 26.5. The normalized spacial score (nSPS) is 22.4. The SMILES string of the molecule is COCC(OC)O[SiH](C)CCCOCC1CO1.